The molecule has 2 aromatic carbocycles. The summed E-state index contributed by atoms with van der Waals surface area (Å²) in [6.45, 7) is 2.04. The molecule has 0 heterocycles. The van der Waals surface area contributed by atoms with Crippen LogP contribution >= 0.6 is 0 Å². The highest BCUT2D eigenvalue weighted by Gasteiger charge is 2.19. The van der Waals surface area contributed by atoms with E-state index in [1.165, 1.54) is 0 Å². The molecule has 0 saturated carbocycles. The Morgan fingerprint density at radius 1 is 1.18 bits per heavy atom. The van der Waals surface area contributed by atoms with Crippen LogP contribution in [0.1, 0.15) is 6.92 Å². The van der Waals surface area contributed by atoms with E-state index >= 15 is 0 Å². The molecule has 17 heavy (non-hydrogen) atoms. The van der Waals surface area contributed by atoms with Gasteiger partial charge < -0.3 is 15.6 Å². The Hall–Kier alpha value is -1.58. The third-order valence-electron chi connectivity index (χ3n) is 2.73. The number of benzene rings is 2. The summed E-state index contributed by atoms with van der Waals surface area (Å²) in [5, 5.41) is 12.0. The fraction of sp³-hybridized carbons (Fsp3) is 0.286. The van der Waals surface area contributed by atoms with E-state index in [1.54, 1.807) is 6.92 Å². The minimum atomic E-state index is -0.989. The van der Waals surface area contributed by atoms with Crippen molar-refractivity contribution in [1.82, 2.24) is 0 Å². The van der Waals surface area contributed by atoms with Crippen molar-refractivity contribution < 1.29 is 9.84 Å². The van der Waals surface area contributed by atoms with Crippen molar-refractivity contribution in [3.63, 3.8) is 0 Å². The number of ether oxygens (including phenoxy) is 1. The summed E-state index contributed by atoms with van der Waals surface area (Å²) in [4.78, 5) is 0. The first-order chi connectivity index (χ1) is 8.12. The third-order valence-corrected chi connectivity index (χ3v) is 2.73. The Morgan fingerprint density at radius 3 is 2.65 bits per heavy atom. The lowest BCUT2D eigenvalue weighted by molar-refractivity contribution is 0.0201. The van der Waals surface area contributed by atoms with E-state index in [1.807, 2.05) is 42.5 Å². The van der Waals surface area contributed by atoms with Gasteiger partial charge in [-0.25, -0.2) is 0 Å². The molecule has 2 rings (SSSR count). The Morgan fingerprint density at radius 2 is 1.88 bits per heavy atom. The van der Waals surface area contributed by atoms with Crippen LogP contribution in [0.3, 0.4) is 0 Å². The van der Waals surface area contributed by atoms with Gasteiger partial charge in [0.2, 0.25) is 0 Å². The van der Waals surface area contributed by atoms with Crippen LogP contribution < -0.4 is 10.5 Å². The molecular weight excluding hydrogens is 214 g/mol. The average Bonchev–Trinajstić information content (AvgIpc) is 2.36. The van der Waals surface area contributed by atoms with Crippen molar-refractivity contribution >= 4 is 10.8 Å². The Labute approximate surface area is 101 Å². The van der Waals surface area contributed by atoms with Crippen molar-refractivity contribution in [2.45, 2.75) is 12.5 Å². The molecule has 1 unspecified atom stereocenters. The van der Waals surface area contributed by atoms with Gasteiger partial charge in [-0.15, -0.1) is 0 Å². The van der Waals surface area contributed by atoms with Crippen LogP contribution in [0, 0.1) is 0 Å². The lowest BCUT2D eigenvalue weighted by atomic mass is 10.1. The van der Waals surface area contributed by atoms with Gasteiger partial charge >= 0.3 is 0 Å². The van der Waals surface area contributed by atoms with Crippen molar-refractivity contribution in [3.05, 3.63) is 42.5 Å². The van der Waals surface area contributed by atoms with E-state index in [0.717, 1.165) is 16.5 Å². The molecule has 0 fully saturated rings. The Balaban J connectivity index is 2.24. The van der Waals surface area contributed by atoms with Crippen molar-refractivity contribution in [3.8, 4) is 5.75 Å². The van der Waals surface area contributed by atoms with Gasteiger partial charge in [-0.2, -0.15) is 0 Å². The highest BCUT2D eigenvalue weighted by atomic mass is 16.5. The van der Waals surface area contributed by atoms with Crippen molar-refractivity contribution in [1.29, 1.82) is 0 Å². The van der Waals surface area contributed by atoms with Crippen LogP contribution in [0.25, 0.3) is 10.8 Å². The molecule has 0 aliphatic heterocycles. The first-order valence-electron chi connectivity index (χ1n) is 5.65. The predicted molar refractivity (Wildman–Crippen MR) is 69.1 cm³/mol. The second-order valence-electron chi connectivity index (χ2n) is 4.47. The highest BCUT2D eigenvalue weighted by molar-refractivity contribution is 5.88. The lowest BCUT2D eigenvalue weighted by Gasteiger charge is -2.21. The van der Waals surface area contributed by atoms with E-state index in [4.69, 9.17) is 10.5 Å². The van der Waals surface area contributed by atoms with Crippen molar-refractivity contribution in [2.24, 2.45) is 5.73 Å². The maximum Gasteiger partial charge on any atom is 0.127 e. The molecular formula is C14H17NO2. The molecule has 0 spiro atoms. The summed E-state index contributed by atoms with van der Waals surface area (Å²) < 4.78 is 5.64. The number of hydrogen-bond donors (Lipinski definition) is 2. The standard InChI is InChI=1S/C14H17NO2/c1-14(16,9-15)10-17-13-8-4-6-11-5-2-3-7-12(11)13/h2-8,16H,9-10,15H2,1H3. The van der Waals surface area contributed by atoms with Crippen molar-refractivity contribution in [2.75, 3.05) is 13.2 Å². The molecule has 0 amide bonds. The second kappa shape index (κ2) is 4.73. The summed E-state index contributed by atoms with van der Waals surface area (Å²) >= 11 is 0. The molecule has 0 aliphatic rings. The van der Waals surface area contributed by atoms with E-state index < -0.39 is 5.60 Å². The Bertz CT molecular complexity index is 503. The first-order valence-corrected chi connectivity index (χ1v) is 5.65. The van der Waals surface area contributed by atoms with Gasteiger partial charge in [-0.1, -0.05) is 36.4 Å². The van der Waals surface area contributed by atoms with Crippen LogP contribution in [-0.2, 0) is 0 Å². The number of rotatable bonds is 4. The third kappa shape index (κ3) is 2.75. The number of fused-ring (bicyclic) bond motifs is 1. The van der Waals surface area contributed by atoms with Gasteiger partial charge in [0.25, 0.3) is 0 Å². The first kappa shape index (κ1) is 11.9. The lowest BCUT2D eigenvalue weighted by Crippen LogP contribution is -2.40. The molecule has 3 nitrogen and oxygen atoms in total. The number of hydrogen-bond acceptors (Lipinski definition) is 3. The maximum atomic E-state index is 9.81. The molecule has 0 aliphatic carbocycles. The quantitative estimate of drug-likeness (QED) is 0.845. The van der Waals surface area contributed by atoms with Crippen LogP contribution in [0.4, 0.5) is 0 Å². The zero-order valence-corrected chi connectivity index (χ0v) is 9.89. The fourth-order valence-corrected chi connectivity index (χ4v) is 1.61. The van der Waals surface area contributed by atoms with Gasteiger partial charge in [0.05, 0.1) is 0 Å². The molecule has 1 atom stereocenters. The van der Waals surface area contributed by atoms with E-state index in [0.29, 0.717) is 0 Å². The number of aliphatic hydroxyl groups is 1. The van der Waals surface area contributed by atoms with Gasteiger partial charge in [0, 0.05) is 11.9 Å². The minimum Gasteiger partial charge on any atom is -0.490 e. The summed E-state index contributed by atoms with van der Waals surface area (Å²) in [5.74, 6) is 0.775. The predicted octanol–water partition coefficient (Wildman–Crippen LogP) is 1.93. The summed E-state index contributed by atoms with van der Waals surface area (Å²) in [6, 6.07) is 13.9. The second-order valence-corrected chi connectivity index (χ2v) is 4.47. The minimum absolute atomic E-state index is 0.178. The largest absolute Gasteiger partial charge is 0.490 e. The fourth-order valence-electron chi connectivity index (χ4n) is 1.61. The van der Waals surface area contributed by atoms with E-state index in [-0.39, 0.29) is 13.2 Å². The molecule has 0 aromatic heterocycles. The maximum absolute atomic E-state index is 9.81. The zero-order chi connectivity index (χ0) is 12.3. The van der Waals surface area contributed by atoms with Gasteiger partial charge in [-0.3, -0.25) is 0 Å². The van der Waals surface area contributed by atoms with Crippen LogP contribution in [0.5, 0.6) is 5.75 Å². The average molecular weight is 231 g/mol. The van der Waals surface area contributed by atoms with Gasteiger partial charge in [-0.05, 0) is 18.4 Å². The molecule has 3 heteroatoms. The van der Waals surface area contributed by atoms with Crippen LogP contribution in [0.2, 0.25) is 0 Å². The van der Waals surface area contributed by atoms with E-state index in [2.05, 4.69) is 0 Å². The molecule has 2 aromatic rings. The highest BCUT2D eigenvalue weighted by Crippen LogP contribution is 2.25. The summed E-state index contributed by atoms with van der Waals surface area (Å²) in [5.41, 5.74) is 4.46. The molecule has 90 valence electrons. The summed E-state index contributed by atoms with van der Waals surface area (Å²) in [7, 11) is 0. The molecule has 0 bridgehead atoms. The summed E-state index contributed by atoms with van der Waals surface area (Å²) in [6.07, 6.45) is 0. The normalized spacial score (nSPS) is 14.5. The van der Waals surface area contributed by atoms with Crippen LogP contribution in [-0.4, -0.2) is 23.9 Å². The van der Waals surface area contributed by atoms with Gasteiger partial charge in [0.1, 0.15) is 18.0 Å². The zero-order valence-electron chi connectivity index (χ0n) is 9.89. The Kier molecular flexibility index (Phi) is 3.31. The molecule has 0 radical (unpaired) electrons. The molecule has 0 saturated heterocycles. The van der Waals surface area contributed by atoms with Gasteiger partial charge in [0.15, 0.2) is 0 Å². The van der Waals surface area contributed by atoms with E-state index in [9.17, 15) is 5.11 Å². The van der Waals surface area contributed by atoms with Crippen LogP contribution in [0.15, 0.2) is 42.5 Å². The topological polar surface area (TPSA) is 55.5 Å². The monoisotopic (exact) mass is 231 g/mol. The number of nitrogens with two attached hydrogens (primary N) is 1. The molecule has 3 N–H and O–H groups in total. The smallest absolute Gasteiger partial charge is 0.127 e. The SMILES string of the molecule is CC(O)(CN)COc1cccc2ccccc12.